The summed E-state index contributed by atoms with van der Waals surface area (Å²) in [5.74, 6) is -0.845. The lowest BCUT2D eigenvalue weighted by Crippen LogP contribution is -2.53. The molecule has 0 aromatic heterocycles. The molecule has 1 saturated carbocycles. The number of likely N-dealkylation sites (N-methyl/N-ethyl adjacent to an activating group) is 1. The van der Waals surface area contributed by atoms with Gasteiger partial charge in [-0.05, 0) is 45.3 Å². The van der Waals surface area contributed by atoms with Crippen LogP contribution in [-0.2, 0) is 11.2 Å². The van der Waals surface area contributed by atoms with Crippen molar-refractivity contribution in [2.45, 2.75) is 56.5 Å². The Morgan fingerprint density at radius 2 is 1.85 bits per heavy atom. The number of hydrogen-bond donors (Lipinski definition) is 3. The van der Waals surface area contributed by atoms with Crippen LogP contribution >= 0.6 is 0 Å². The molecule has 1 fully saturated rings. The number of carboxylic acids is 1. The summed E-state index contributed by atoms with van der Waals surface area (Å²) < 4.78 is 0. The van der Waals surface area contributed by atoms with E-state index in [4.69, 9.17) is 5.11 Å². The fraction of sp³-hybridized carbons (Fsp3) is 0.600. The number of carboxylic acid groups (broad SMARTS) is 1. The van der Waals surface area contributed by atoms with Crippen molar-refractivity contribution in [3.05, 3.63) is 35.9 Å². The number of nitrogens with one attached hydrogen (secondary N) is 2. The first-order valence-corrected chi connectivity index (χ1v) is 9.39. The molecule has 2 amide bonds. The van der Waals surface area contributed by atoms with Gasteiger partial charge in [0.2, 0.25) is 0 Å². The fourth-order valence-electron chi connectivity index (χ4n) is 3.72. The highest BCUT2D eigenvalue weighted by Gasteiger charge is 2.36. The summed E-state index contributed by atoms with van der Waals surface area (Å²) in [6.45, 7) is 0.614. The minimum atomic E-state index is -0.845. The quantitative estimate of drug-likeness (QED) is 0.631. The highest BCUT2D eigenvalue weighted by molar-refractivity contribution is 5.74. The van der Waals surface area contributed by atoms with Crippen molar-refractivity contribution in [1.82, 2.24) is 15.5 Å². The van der Waals surface area contributed by atoms with Crippen LogP contribution in [0, 0.1) is 0 Å². The van der Waals surface area contributed by atoms with Gasteiger partial charge in [0, 0.05) is 24.5 Å². The molecule has 0 radical (unpaired) electrons. The van der Waals surface area contributed by atoms with Crippen molar-refractivity contribution < 1.29 is 14.7 Å². The molecule has 0 saturated heterocycles. The Balaban J connectivity index is 1.91. The predicted molar refractivity (Wildman–Crippen MR) is 102 cm³/mol. The zero-order valence-electron chi connectivity index (χ0n) is 15.8. The van der Waals surface area contributed by atoms with Crippen LogP contribution in [0.1, 0.15) is 44.1 Å². The van der Waals surface area contributed by atoms with Crippen LogP contribution in [0.15, 0.2) is 30.3 Å². The Morgan fingerprint density at radius 1 is 1.19 bits per heavy atom. The van der Waals surface area contributed by atoms with E-state index in [1.54, 1.807) is 0 Å². The average molecular weight is 361 g/mol. The Hall–Kier alpha value is -2.08. The highest BCUT2D eigenvalue weighted by Crippen LogP contribution is 2.33. The molecule has 1 aromatic carbocycles. The molecule has 26 heavy (non-hydrogen) atoms. The van der Waals surface area contributed by atoms with Gasteiger partial charge in [-0.15, -0.1) is 0 Å². The maximum Gasteiger partial charge on any atom is 0.315 e. The van der Waals surface area contributed by atoms with Gasteiger partial charge < -0.3 is 20.6 Å². The van der Waals surface area contributed by atoms with E-state index in [-0.39, 0.29) is 24.0 Å². The molecule has 3 N–H and O–H groups in total. The third-order valence-electron chi connectivity index (χ3n) is 5.43. The van der Waals surface area contributed by atoms with Gasteiger partial charge in [0.05, 0.1) is 0 Å². The molecule has 1 atom stereocenters. The summed E-state index contributed by atoms with van der Waals surface area (Å²) in [5, 5.41) is 15.0. The van der Waals surface area contributed by atoms with Crippen LogP contribution in [0.4, 0.5) is 4.79 Å². The number of aliphatic carboxylic acids is 1. The summed E-state index contributed by atoms with van der Waals surface area (Å²) in [4.78, 5) is 25.6. The number of hydrogen-bond acceptors (Lipinski definition) is 3. The largest absolute Gasteiger partial charge is 0.481 e. The van der Waals surface area contributed by atoms with Crippen LogP contribution in [-0.4, -0.2) is 54.2 Å². The minimum Gasteiger partial charge on any atom is -0.481 e. The molecule has 0 bridgehead atoms. The predicted octanol–water partition coefficient (Wildman–Crippen LogP) is 2.64. The van der Waals surface area contributed by atoms with Gasteiger partial charge in [0.15, 0.2) is 0 Å². The topological polar surface area (TPSA) is 81.7 Å². The molecule has 1 aliphatic carbocycles. The molecule has 1 aromatic rings. The van der Waals surface area contributed by atoms with Crippen molar-refractivity contribution in [2.24, 2.45) is 0 Å². The number of carbonyl (C=O) groups is 2. The standard InChI is InChI=1S/C20H31N3O3/c1-23(2)20(12-6-7-13-20)15-21-19(26)22-17(10-11-18(24)25)14-16-8-4-3-5-9-16/h3-5,8-9,17H,6-7,10-15H2,1-2H3,(H,24,25)(H2,21,22,26). The monoisotopic (exact) mass is 361 g/mol. The molecule has 2 rings (SSSR count). The molecule has 1 aliphatic rings. The second-order valence-electron chi connectivity index (χ2n) is 7.47. The van der Waals surface area contributed by atoms with Gasteiger partial charge in [-0.3, -0.25) is 4.79 Å². The summed E-state index contributed by atoms with van der Waals surface area (Å²) in [7, 11) is 4.13. The minimum absolute atomic E-state index is 0.0351. The number of amides is 2. The number of nitrogens with zero attached hydrogens (tertiary/aromatic N) is 1. The first-order chi connectivity index (χ1) is 12.4. The van der Waals surface area contributed by atoms with E-state index in [9.17, 15) is 9.59 Å². The van der Waals surface area contributed by atoms with Crippen LogP contribution in [0.2, 0.25) is 0 Å². The number of rotatable bonds is 9. The number of urea groups is 1. The normalized spacial score (nSPS) is 17.0. The van der Waals surface area contributed by atoms with E-state index in [2.05, 4.69) is 29.6 Å². The lowest BCUT2D eigenvalue weighted by atomic mass is 9.96. The summed E-state index contributed by atoms with van der Waals surface area (Å²) >= 11 is 0. The van der Waals surface area contributed by atoms with Gasteiger partial charge in [-0.1, -0.05) is 43.2 Å². The molecule has 6 heteroatoms. The third-order valence-corrected chi connectivity index (χ3v) is 5.43. The Morgan fingerprint density at radius 3 is 2.42 bits per heavy atom. The lowest BCUT2D eigenvalue weighted by molar-refractivity contribution is -0.137. The van der Waals surface area contributed by atoms with Gasteiger partial charge in [-0.2, -0.15) is 0 Å². The van der Waals surface area contributed by atoms with Gasteiger partial charge in [0.1, 0.15) is 0 Å². The van der Waals surface area contributed by atoms with Crippen molar-refractivity contribution >= 4 is 12.0 Å². The van der Waals surface area contributed by atoms with Gasteiger partial charge in [-0.25, -0.2) is 4.79 Å². The molecular formula is C20H31N3O3. The molecular weight excluding hydrogens is 330 g/mol. The number of carbonyl (C=O) groups excluding carboxylic acids is 1. The molecule has 0 heterocycles. The second kappa shape index (κ2) is 9.57. The van der Waals surface area contributed by atoms with Crippen molar-refractivity contribution in [2.75, 3.05) is 20.6 Å². The Kier molecular flexibility index (Phi) is 7.45. The van der Waals surface area contributed by atoms with Crippen LogP contribution in [0.3, 0.4) is 0 Å². The van der Waals surface area contributed by atoms with Gasteiger partial charge in [0.25, 0.3) is 0 Å². The third kappa shape index (κ3) is 6.02. The molecule has 6 nitrogen and oxygen atoms in total. The first kappa shape index (κ1) is 20.2. The molecule has 144 valence electrons. The first-order valence-electron chi connectivity index (χ1n) is 9.39. The number of benzene rings is 1. The van der Waals surface area contributed by atoms with E-state index in [0.29, 0.717) is 19.4 Å². The van der Waals surface area contributed by atoms with Crippen molar-refractivity contribution in [3.63, 3.8) is 0 Å². The second-order valence-corrected chi connectivity index (χ2v) is 7.47. The highest BCUT2D eigenvalue weighted by atomic mass is 16.4. The fourth-order valence-corrected chi connectivity index (χ4v) is 3.72. The summed E-state index contributed by atoms with van der Waals surface area (Å²) in [6, 6.07) is 9.41. The van der Waals surface area contributed by atoms with Crippen molar-refractivity contribution in [1.29, 1.82) is 0 Å². The van der Waals surface area contributed by atoms with Crippen LogP contribution in [0.25, 0.3) is 0 Å². The Bertz CT molecular complexity index is 583. The Labute approximate surface area is 156 Å². The van der Waals surface area contributed by atoms with E-state index in [1.807, 2.05) is 30.3 Å². The summed E-state index contributed by atoms with van der Waals surface area (Å²) in [6.07, 6.45) is 5.64. The molecule has 0 spiro atoms. The van der Waals surface area contributed by atoms with E-state index < -0.39 is 5.97 Å². The van der Waals surface area contributed by atoms with Gasteiger partial charge >= 0.3 is 12.0 Å². The molecule has 0 aliphatic heterocycles. The van der Waals surface area contributed by atoms with Crippen LogP contribution < -0.4 is 10.6 Å². The zero-order chi connectivity index (χ0) is 19.0. The van der Waals surface area contributed by atoms with Crippen molar-refractivity contribution in [3.8, 4) is 0 Å². The van der Waals surface area contributed by atoms with Crippen LogP contribution in [0.5, 0.6) is 0 Å². The van der Waals surface area contributed by atoms with E-state index in [1.165, 1.54) is 12.8 Å². The lowest BCUT2D eigenvalue weighted by Gasteiger charge is -2.36. The maximum atomic E-state index is 12.4. The van der Waals surface area contributed by atoms with E-state index >= 15 is 0 Å². The summed E-state index contributed by atoms with van der Waals surface area (Å²) in [5.41, 5.74) is 1.12. The van der Waals surface area contributed by atoms with E-state index in [0.717, 1.165) is 18.4 Å². The smallest absolute Gasteiger partial charge is 0.315 e. The zero-order valence-corrected chi connectivity index (χ0v) is 15.8. The molecule has 1 unspecified atom stereocenters. The average Bonchev–Trinajstić information content (AvgIpc) is 3.09. The SMILES string of the molecule is CN(C)C1(CNC(=O)NC(CCC(=O)O)Cc2ccccc2)CCCC1. The maximum absolute atomic E-state index is 12.4.